The van der Waals surface area contributed by atoms with Gasteiger partial charge in [0.15, 0.2) is 0 Å². The lowest BCUT2D eigenvalue weighted by atomic mass is 9.88. The van der Waals surface area contributed by atoms with Gasteiger partial charge in [0.05, 0.1) is 0 Å². The number of carbonyl (C=O) groups excluding carboxylic acids is 2. The first-order chi connectivity index (χ1) is 13.0. The minimum absolute atomic E-state index is 0.293. The second-order valence-electron chi connectivity index (χ2n) is 7.16. The van der Waals surface area contributed by atoms with E-state index in [9.17, 15) is 14.7 Å². The summed E-state index contributed by atoms with van der Waals surface area (Å²) in [6.45, 7) is 6.30. The Balaban J connectivity index is 1.88. The van der Waals surface area contributed by atoms with Crippen LogP contribution in [-0.2, 0) is 5.60 Å². The summed E-state index contributed by atoms with van der Waals surface area (Å²) in [6, 6.07) is 13.8. The minimum Gasteiger partial charge on any atom is -0.372 e. The van der Waals surface area contributed by atoms with Crippen molar-refractivity contribution in [1.82, 2.24) is 0 Å². The van der Waals surface area contributed by atoms with Gasteiger partial charge in [0, 0.05) is 29.9 Å². The number of fused-ring (bicyclic) bond motifs is 1. The van der Waals surface area contributed by atoms with Crippen molar-refractivity contribution in [3.63, 3.8) is 0 Å². The van der Waals surface area contributed by atoms with Crippen LogP contribution in [0.2, 0.25) is 0 Å². The van der Waals surface area contributed by atoms with E-state index >= 15 is 0 Å². The molecule has 0 aromatic heterocycles. The number of hydrogen-bond donors (Lipinski definition) is 1. The van der Waals surface area contributed by atoms with Crippen molar-refractivity contribution >= 4 is 17.3 Å². The fourth-order valence-electron chi connectivity index (χ4n) is 3.62. The highest BCUT2D eigenvalue weighted by Crippen LogP contribution is 2.38. The molecular formula is C23H27NO3. The number of aliphatic hydroxyl groups is 1. The molecule has 142 valence electrons. The molecule has 0 heterocycles. The smallest absolute Gasteiger partial charge is 0.216 e. The lowest BCUT2D eigenvalue weighted by Gasteiger charge is -2.26. The molecule has 2 aromatic rings. The Morgan fingerprint density at radius 1 is 0.815 bits per heavy atom. The van der Waals surface area contributed by atoms with Gasteiger partial charge >= 0.3 is 0 Å². The van der Waals surface area contributed by atoms with Gasteiger partial charge in [0.1, 0.15) is 0 Å². The Kier molecular flexibility index (Phi) is 5.76. The predicted molar refractivity (Wildman–Crippen MR) is 107 cm³/mol. The molecule has 0 bridgehead atoms. The molecule has 0 atom stereocenters. The van der Waals surface area contributed by atoms with Crippen molar-refractivity contribution in [2.45, 2.75) is 45.1 Å². The van der Waals surface area contributed by atoms with Crippen molar-refractivity contribution < 1.29 is 14.7 Å². The number of Topliss-reactive ketones (excluding diaryl/α,β-unsaturated/α-hetero) is 2. The van der Waals surface area contributed by atoms with Crippen LogP contribution in [-0.4, -0.2) is 29.8 Å². The molecule has 0 spiro atoms. The Morgan fingerprint density at radius 3 is 1.74 bits per heavy atom. The van der Waals surface area contributed by atoms with Gasteiger partial charge < -0.3 is 10.0 Å². The standard InChI is InChI=1S/C23H27NO3/c1-3-5-15-24(16-6-4-2)18-13-11-17(12-14-18)23(27)21(25)19-9-7-8-10-20(19)22(23)26/h7-14,27H,3-6,15-16H2,1-2H3. The molecule has 0 saturated heterocycles. The van der Waals surface area contributed by atoms with E-state index in [0.717, 1.165) is 44.5 Å². The van der Waals surface area contributed by atoms with Crippen LogP contribution in [0.1, 0.15) is 65.8 Å². The summed E-state index contributed by atoms with van der Waals surface area (Å²) in [7, 11) is 0. The fraction of sp³-hybridized carbons (Fsp3) is 0.391. The Bertz CT molecular complexity index is 783. The molecule has 0 amide bonds. The van der Waals surface area contributed by atoms with Crippen LogP contribution >= 0.6 is 0 Å². The first-order valence-electron chi connectivity index (χ1n) is 9.80. The highest BCUT2D eigenvalue weighted by molar-refractivity contribution is 6.31. The number of hydrogen-bond acceptors (Lipinski definition) is 4. The van der Waals surface area contributed by atoms with Crippen LogP contribution in [0.15, 0.2) is 48.5 Å². The van der Waals surface area contributed by atoms with Crippen molar-refractivity contribution in [1.29, 1.82) is 0 Å². The number of anilines is 1. The molecule has 3 rings (SSSR count). The normalized spacial score (nSPS) is 15.1. The maximum Gasteiger partial charge on any atom is 0.216 e. The summed E-state index contributed by atoms with van der Waals surface area (Å²) in [5, 5.41) is 11.0. The van der Waals surface area contributed by atoms with Gasteiger partial charge in [-0.05, 0) is 30.5 Å². The zero-order valence-corrected chi connectivity index (χ0v) is 16.1. The van der Waals surface area contributed by atoms with Crippen molar-refractivity contribution in [2.24, 2.45) is 0 Å². The fourth-order valence-corrected chi connectivity index (χ4v) is 3.62. The van der Waals surface area contributed by atoms with Gasteiger partial charge in [0.2, 0.25) is 17.2 Å². The topological polar surface area (TPSA) is 57.6 Å². The molecule has 4 heteroatoms. The van der Waals surface area contributed by atoms with Gasteiger partial charge in [-0.3, -0.25) is 9.59 Å². The number of unbranched alkanes of at least 4 members (excludes halogenated alkanes) is 2. The van der Waals surface area contributed by atoms with E-state index < -0.39 is 17.2 Å². The summed E-state index contributed by atoms with van der Waals surface area (Å²) in [4.78, 5) is 27.8. The second kappa shape index (κ2) is 8.05. The molecule has 27 heavy (non-hydrogen) atoms. The monoisotopic (exact) mass is 365 g/mol. The average Bonchev–Trinajstić information content (AvgIpc) is 2.91. The van der Waals surface area contributed by atoms with Crippen LogP contribution in [0.5, 0.6) is 0 Å². The van der Waals surface area contributed by atoms with Crippen LogP contribution < -0.4 is 4.90 Å². The van der Waals surface area contributed by atoms with E-state index in [0.29, 0.717) is 16.7 Å². The number of ketones is 2. The summed E-state index contributed by atoms with van der Waals surface area (Å²) in [5.74, 6) is -1.07. The van der Waals surface area contributed by atoms with Gasteiger partial charge in [-0.25, -0.2) is 0 Å². The van der Waals surface area contributed by atoms with Crippen molar-refractivity contribution in [2.75, 3.05) is 18.0 Å². The minimum atomic E-state index is -2.11. The summed E-state index contributed by atoms with van der Waals surface area (Å²) in [5.41, 5.74) is -0.133. The van der Waals surface area contributed by atoms with E-state index in [-0.39, 0.29) is 0 Å². The highest BCUT2D eigenvalue weighted by atomic mass is 16.3. The third kappa shape index (κ3) is 3.42. The maximum absolute atomic E-state index is 12.7. The van der Waals surface area contributed by atoms with E-state index in [1.165, 1.54) is 0 Å². The van der Waals surface area contributed by atoms with Crippen LogP contribution in [0, 0.1) is 0 Å². The quantitative estimate of drug-likeness (QED) is 0.706. The number of carbonyl (C=O) groups is 2. The van der Waals surface area contributed by atoms with E-state index in [1.54, 1.807) is 36.4 Å². The van der Waals surface area contributed by atoms with Crippen molar-refractivity contribution in [3.8, 4) is 0 Å². The van der Waals surface area contributed by atoms with Gasteiger partial charge in [-0.1, -0.05) is 63.1 Å². The Hall–Kier alpha value is -2.46. The molecule has 2 aromatic carbocycles. The van der Waals surface area contributed by atoms with Crippen LogP contribution in [0.3, 0.4) is 0 Å². The molecule has 0 saturated carbocycles. The third-order valence-electron chi connectivity index (χ3n) is 5.29. The molecule has 1 aliphatic carbocycles. The highest BCUT2D eigenvalue weighted by Gasteiger charge is 2.52. The van der Waals surface area contributed by atoms with Crippen molar-refractivity contribution in [3.05, 3.63) is 65.2 Å². The zero-order chi connectivity index (χ0) is 19.4. The molecule has 1 aliphatic rings. The predicted octanol–water partition coefficient (Wildman–Crippen LogP) is 4.36. The van der Waals surface area contributed by atoms with E-state index in [1.807, 2.05) is 12.1 Å². The Morgan fingerprint density at radius 2 is 1.30 bits per heavy atom. The molecule has 0 unspecified atom stereocenters. The first-order valence-corrected chi connectivity index (χ1v) is 9.80. The lowest BCUT2D eigenvalue weighted by Crippen LogP contribution is -2.38. The second-order valence-corrected chi connectivity index (χ2v) is 7.16. The number of benzene rings is 2. The largest absolute Gasteiger partial charge is 0.372 e. The third-order valence-corrected chi connectivity index (χ3v) is 5.29. The number of rotatable bonds is 8. The van der Waals surface area contributed by atoms with Crippen LogP contribution in [0.4, 0.5) is 5.69 Å². The van der Waals surface area contributed by atoms with Gasteiger partial charge in [0.25, 0.3) is 0 Å². The van der Waals surface area contributed by atoms with Gasteiger partial charge in [-0.15, -0.1) is 0 Å². The molecular weight excluding hydrogens is 338 g/mol. The number of nitrogens with zero attached hydrogens (tertiary/aromatic N) is 1. The Labute approximate surface area is 160 Å². The van der Waals surface area contributed by atoms with E-state index in [2.05, 4.69) is 18.7 Å². The summed E-state index contributed by atoms with van der Waals surface area (Å²) in [6.07, 6.45) is 4.48. The molecule has 1 N–H and O–H groups in total. The summed E-state index contributed by atoms with van der Waals surface area (Å²) >= 11 is 0. The van der Waals surface area contributed by atoms with Crippen LogP contribution in [0.25, 0.3) is 0 Å². The zero-order valence-electron chi connectivity index (χ0n) is 16.1. The average molecular weight is 365 g/mol. The van der Waals surface area contributed by atoms with Gasteiger partial charge in [-0.2, -0.15) is 0 Å². The molecule has 0 aliphatic heterocycles. The maximum atomic E-state index is 12.7. The lowest BCUT2D eigenvalue weighted by molar-refractivity contribution is 0.0321. The summed E-state index contributed by atoms with van der Waals surface area (Å²) < 4.78 is 0. The van der Waals surface area contributed by atoms with E-state index in [4.69, 9.17) is 0 Å². The molecule has 4 nitrogen and oxygen atoms in total. The SMILES string of the molecule is CCCCN(CCCC)c1ccc(C2(O)C(=O)c3ccccc3C2=O)cc1. The molecule has 0 fully saturated rings. The first kappa shape index (κ1) is 19.3. The molecule has 0 radical (unpaired) electrons.